The van der Waals surface area contributed by atoms with E-state index in [0.29, 0.717) is 12.0 Å². The Labute approximate surface area is 97.0 Å². The minimum Gasteiger partial charge on any atom is -0.487 e. The molecule has 2 heterocycles. The van der Waals surface area contributed by atoms with E-state index in [1.807, 2.05) is 17.1 Å². The lowest BCUT2D eigenvalue weighted by Crippen LogP contribution is -2.34. The molecule has 0 radical (unpaired) electrons. The molecule has 1 aliphatic rings. The van der Waals surface area contributed by atoms with Gasteiger partial charge in [-0.15, -0.1) is 0 Å². The summed E-state index contributed by atoms with van der Waals surface area (Å²) >= 11 is 0. The average Bonchev–Trinajstić information content (AvgIpc) is 2.66. The van der Waals surface area contributed by atoms with E-state index in [2.05, 4.69) is 24.3 Å². The number of hydrogen-bond donors (Lipinski definition) is 1. The summed E-state index contributed by atoms with van der Waals surface area (Å²) in [4.78, 5) is 0. The SMILES string of the molecule is CC(C)Cn1cc(OC2CCNCC2)cn1. The van der Waals surface area contributed by atoms with Gasteiger partial charge in [0.1, 0.15) is 6.10 Å². The number of nitrogens with one attached hydrogen (secondary N) is 1. The van der Waals surface area contributed by atoms with Crippen molar-refractivity contribution >= 4 is 0 Å². The van der Waals surface area contributed by atoms with E-state index in [1.165, 1.54) is 0 Å². The Morgan fingerprint density at radius 2 is 2.25 bits per heavy atom. The van der Waals surface area contributed by atoms with Crippen LogP contribution in [0.3, 0.4) is 0 Å². The Bertz CT molecular complexity index is 316. The van der Waals surface area contributed by atoms with Crippen molar-refractivity contribution in [1.29, 1.82) is 0 Å². The maximum atomic E-state index is 5.89. The molecule has 2 rings (SSSR count). The molecule has 1 aromatic heterocycles. The van der Waals surface area contributed by atoms with E-state index in [9.17, 15) is 0 Å². The molecule has 16 heavy (non-hydrogen) atoms. The summed E-state index contributed by atoms with van der Waals surface area (Å²) in [7, 11) is 0. The zero-order valence-corrected chi connectivity index (χ0v) is 10.1. The van der Waals surface area contributed by atoms with Gasteiger partial charge in [0, 0.05) is 6.54 Å². The van der Waals surface area contributed by atoms with Gasteiger partial charge in [0.15, 0.2) is 5.75 Å². The zero-order valence-electron chi connectivity index (χ0n) is 10.1. The van der Waals surface area contributed by atoms with Crippen LogP contribution in [0.5, 0.6) is 5.75 Å². The highest BCUT2D eigenvalue weighted by molar-refractivity contribution is 5.12. The van der Waals surface area contributed by atoms with Crippen LogP contribution in [0.25, 0.3) is 0 Å². The van der Waals surface area contributed by atoms with Crippen LogP contribution in [0.4, 0.5) is 0 Å². The lowest BCUT2D eigenvalue weighted by molar-refractivity contribution is 0.162. The van der Waals surface area contributed by atoms with E-state index in [0.717, 1.165) is 38.2 Å². The number of nitrogens with zero attached hydrogens (tertiary/aromatic N) is 2. The standard InChI is InChI=1S/C12H21N3O/c1-10(2)8-15-9-12(7-14-15)16-11-3-5-13-6-4-11/h7,9-11,13H,3-6,8H2,1-2H3. The summed E-state index contributed by atoms with van der Waals surface area (Å²) in [6.07, 6.45) is 6.37. The van der Waals surface area contributed by atoms with Gasteiger partial charge in [-0.05, 0) is 31.8 Å². The van der Waals surface area contributed by atoms with Crippen LogP contribution >= 0.6 is 0 Å². The molecule has 4 heteroatoms. The highest BCUT2D eigenvalue weighted by Gasteiger charge is 2.15. The summed E-state index contributed by atoms with van der Waals surface area (Å²) in [6.45, 7) is 7.45. The van der Waals surface area contributed by atoms with Crippen LogP contribution in [0, 0.1) is 5.92 Å². The smallest absolute Gasteiger partial charge is 0.157 e. The number of aromatic nitrogens is 2. The fourth-order valence-electron chi connectivity index (χ4n) is 1.99. The van der Waals surface area contributed by atoms with Crippen LogP contribution < -0.4 is 10.1 Å². The minimum atomic E-state index is 0.359. The van der Waals surface area contributed by atoms with E-state index in [4.69, 9.17) is 4.74 Å². The zero-order chi connectivity index (χ0) is 11.4. The lowest BCUT2D eigenvalue weighted by atomic mass is 10.1. The number of piperidine rings is 1. The molecule has 4 nitrogen and oxygen atoms in total. The molecule has 1 saturated heterocycles. The third-order valence-electron chi connectivity index (χ3n) is 2.75. The second kappa shape index (κ2) is 5.34. The maximum Gasteiger partial charge on any atom is 0.157 e. The summed E-state index contributed by atoms with van der Waals surface area (Å²) in [5, 5.41) is 7.63. The number of hydrogen-bond acceptors (Lipinski definition) is 3. The molecule has 1 fully saturated rings. The van der Waals surface area contributed by atoms with Gasteiger partial charge in [0.2, 0.25) is 0 Å². The first kappa shape index (κ1) is 11.5. The van der Waals surface area contributed by atoms with Crippen molar-refractivity contribution in [2.75, 3.05) is 13.1 Å². The molecule has 0 atom stereocenters. The van der Waals surface area contributed by atoms with Gasteiger partial charge >= 0.3 is 0 Å². The van der Waals surface area contributed by atoms with Crippen molar-refractivity contribution in [2.24, 2.45) is 5.92 Å². The summed E-state index contributed by atoms with van der Waals surface area (Å²) in [6, 6.07) is 0. The average molecular weight is 223 g/mol. The third kappa shape index (κ3) is 3.23. The van der Waals surface area contributed by atoms with Gasteiger partial charge in [-0.3, -0.25) is 4.68 Å². The molecule has 1 aliphatic heterocycles. The summed E-state index contributed by atoms with van der Waals surface area (Å²) < 4.78 is 7.85. The fourth-order valence-corrected chi connectivity index (χ4v) is 1.99. The molecular formula is C12H21N3O. The van der Waals surface area contributed by atoms with Gasteiger partial charge in [-0.25, -0.2) is 0 Å². The summed E-state index contributed by atoms with van der Waals surface area (Å²) in [5.74, 6) is 1.53. The quantitative estimate of drug-likeness (QED) is 0.844. The Kier molecular flexibility index (Phi) is 3.83. The van der Waals surface area contributed by atoms with Crippen molar-refractivity contribution in [3.63, 3.8) is 0 Å². The van der Waals surface area contributed by atoms with Crippen molar-refractivity contribution in [1.82, 2.24) is 15.1 Å². The van der Waals surface area contributed by atoms with Gasteiger partial charge in [0.25, 0.3) is 0 Å². The normalized spacial score (nSPS) is 17.9. The van der Waals surface area contributed by atoms with Crippen LogP contribution in [0.1, 0.15) is 26.7 Å². The van der Waals surface area contributed by atoms with E-state index in [1.54, 1.807) is 0 Å². The van der Waals surface area contributed by atoms with Crippen LogP contribution in [-0.2, 0) is 6.54 Å². The predicted molar refractivity (Wildman–Crippen MR) is 63.6 cm³/mol. The predicted octanol–water partition coefficient (Wildman–Crippen LogP) is 1.67. The molecular weight excluding hydrogens is 202 g/mol. The topological polar surface area (TPSA) is 39.1 Å². The van der Waals surface area contributed by atoms with Crippen LogP contribution in [0.2, 0.25) is 0 Å². The van der Waals surface area contributed by atoms with Crippen molar-refractivity contribution in [3.8, 4) is 5.75 Å². The second-order valence-electron chi connectivity index (χ2n) is 4.86. The molecule has 0 aromatic carbocycles. The van der Waals surface area contributed by atoms with Gasteiger partial charge in [-0.1, -0.05) is 13.8 Å². The second-order valence-corrected chi connectivity index (χ2v) is 4.86. The van der Waals surface area contributed by atoms with Crippen molar-refractivity contribution < 1.29 is 4.74 Å². The minimum absolute atomic E-state index is 0.359. The Morgan fingerprint density at radius 1 is 1.50 bits per heavy atom. The highest BCUT2D eigenvalue weighted by Crippen LogP contribution is 2.16. The Hall–Kier alpha value is -1.03. The molecule has 0 unspecified atom stereocenters. The molecule has 1 aromatic rings. The van der Waals surface area contributed by atoms with Crippen LogP contribution in [-0.4, -0.2) is 29.0 Å². The monoisotopic (exact) mass is 223 g/mol. The Morgan fingerprint density at radius 3 is 2.94 bits per heavy atom. The number of ether oxygens (including phenoxy) is 1. The van der Waals surface area contributed by atoms with Crippen LogP contribution in [0.15, 0.2) is 12.4 Å². The highest BCUT2D eigenvalue weighted by atomic mass is 16.5. The van der Waals surface area contributed by atoms with E-state index in [-0.39, 0.29) is 0 Å². The molecule has 0 spiro atoms. The lowest BCUT2D eigenvalue weighted by Gasteiger charge is -2.22. The molecule has 0 amide bonds. The molecule has 0 saturated carbocycles. The third-order valence-corrected chi connectivity index (χ3v) is 2.75. The Balaban J connectivity index is 1.86. The first-order valence-electron chi connectivity index (χ1n) is 6.14. The first-order chi connectivity index (χ1) is 7.74. The van der Waals surface area contributed by atoms with Gasteiger partial charge in [0.05, 0.1) is 12.4 Å². The largest absolute Gasteiger partial charge is 0.487 e. The van der Waals surface area contributed by atoms with Gasteiger partial charge in [-0.2, -0.15) is 5.10 Å². The van der Waals surface area contributed by atoms with Gasteiger partial charge < -0.3 is 10.1 Å². The van der Waals surface area contributed by atoms with Crippen molar-refractivity contribution in [3.05, 3.63) is 12.4 Å². The summed E-state index contributed by atoms with van der Waals surface area (Å²) in [5.41, 5.74) is 0. The number of rotatable bonds is 4. The molecule has 0 aliphatic carbocycles. The molecule has 1 N–H and O–H groups in total. The van der Waals surface area contributed by atoms with E-state index >= 15 is 0 Å². The maximum absolute atomic E-state index is 5.89. The van der Waals surface area contributed by atoms with Crippen molar-refractivity contribution in [2.45, 2.75) is 39.3 Å². The first-order valence-corrected chi connectivity index (χ1v) is 6.14. The fraction of sp³-hybridized carbons (Fsp3) is 0.750. The molecule has 90 valence electrons. The molecule has 0 bridgehead atoms. The van der Waals surface area contributed by atoms with E-state index < -0.39 is 0 Å².